The van der Waals surface area contributed by atoms with E-state index in [1.165, 1.54) is 13.2 Å². The van der Waals surface area contributed by atoms with Crippen LogP contribution in [0, 0.1) is 11.6 Å². The second kappa shape index (κ2) is 8.31. The minimum Gasteiger partial charge on any atom is -0.469 e. The summed E-state index contributed by atoms with van der Waals surface area (Å²) in [5, 5.41) is 2.47. The van der Waals surface area contributed by atoms with Crippen molar-refractivity contribution in [2.75, 3.05) is 32.6 Å². The summed E-state index contributed by atoms with van der Waals surface area (Å²) in [5.41, 5.74) is 0.196. The van der Waals surface area contributed by atoms with Gasteiger partial charge in [0.05, 0.1) is 13.7 Å². The van der Waals surface area contributed by atoms with Crippen LogP contribution in [0.2, 0.25) is 0 Å². The van der Waals surface area contributed by atoms with Crippen molar-refractivity contribution < 1.29 is 23.1 Å². The predicted molar refractivity (Wildman–Crippen MR) is 73.7 cm³/mol. The Morgan fingerprint density at radius 2 is 2.00 bits per heavy atom. The van der Waals surface area contributed by atoms with Gasteiger partial charge in [-0.3, -0.25) is 14.5 Å². The van der Waals surface area contributed by atoms with Gasteiger partial charge in [0, 0.05) is 18.2 Å². The Morgan fingerprint density at radius 3 is 2.62 bits per heavy atom. The van der Waals surface area contributed by atoms with E-state index in [1.807, 2.05) is 0 Å². The number of rotatable bonds is 7. The fourth-order valence-corrected chi connectivity index (χ4v) is 1.69. The molecule has 1 N–H and O–H groups in total. The van der Waals surface area contributed by atoms with Crippen LogP contribution in [0.1, 0.15) is 12.8 Å². The summed E-state index contributed by atoms with van der Waals surface area (Å²) < 4.78 is 30.2. The maximum atomic E-state index is 13.0. The number of likely N-dealkylation sites (N-methyl/N-ethyl adjacent to an activating group) is 1. The lowest BCUT2D eigenvalue weighted by molar-refractivity contribution is -0.140. The zero-order chi connectivity index (χ0) is 15.8. The van der Waals surface area contributed by atoms with Crippen LogP contribution in [-0.2, 0) is 14.3 Å². The monoisotopic (exact) mass is 300 g/mol. The van der Waals surface area contributed by atoms with E-state index in [4.69, 9.17) is 0 Å². The van der Waals surface area contributed by atoms with E-state index in [0.717, 1.165) is 12.1 Å². The minimum atomic E-state index is -1.01. The minimum absolute atomic E-state index is 0.0835. The maximum absolute atomic E-state index is 13.0. The molecule has 0 saturated heterocycles. The summed E-state index contributed by atoms with van der Waals surface area (Å²) in [7, 11) is 3.05. The number of amides is 1. The van der Waals surface area contributed by atoms with Gasteiger partial charge in [0.1, 0.15) is 0 Å². The van der Waals surface area contributed by atoms with Crippen molar-refractivity contribution in [2.24, 2.45) is 0 Å². The van der Waals surface area contributed by atoms with E-state index in [-0.39, 0.29) is 30.5 Å². The van der Waals surface area contributed by atoms with Crippen molar-refractivity contribution in [3.63, 3.8) is 0 Å². The van der Waals surface area contributed by atoms with Gasteiger partial charge in [-0.1, -0.05) is 0 Å². The summed E-state index contributed by atoms with van der Waals surface area (Å²) in [6.07, 6.45) is 0.854. The number of carbonyl (C=O) groups is 2. The Hall–Kier alpha value is -2.02. The topological polar surface area (TPSA) is 58.6 Å². The van der Waals surface area contributed by atoms with Crippen LogP contribution in [0.5, 0.6) is 0 Å². The van der Waals surface area contributed by atoms with Gasteiger partial charge in [-0.25, -0.2) is 8.78 Å². The van der Waals surface area contributed by atoms with Gasteiger partial charge in [-0.2, -0.15) is 0 Å². The van der Waals surface area contributed by atoms with Crippen molar-refractivity contribution in [3.05, 3.63) is 29.8 Å². The highest BCUT2D eigenvalue weighted by molar-refractivity contribution is 5.92. The third kappa shape index (κ3) is 6.31. The summed E-state index contributed by atoms with van der Waals surface area (Å²) in [6.45, 7) is 0.625. The standard InChI is InChI=1S/C14H18F2N2O3/c1-18(7-3-4-14(20)21-2)9-13(19)17-10-5-6-11(15)12(16)8-10/h5-6,8H,3-4,7,9H2,1-2H3,(H,17,19). The van der Waals surface area contributed by atoms with Crippen LogP contribution in [0.25, 0.3) is 0 Å². The first-order valence-electron chi connectivity index (χ1n) is 6.42. The highest BCUT2D eigenvalue weighted by Crippen LogP contribution is 2.12. The lowest BCUT2D eigenvalue weighted by Crippen LogP contribution is -2.31. The molecule has 1 amide bonds. The summed E-state index contributed by atoms with van der Waals surface area (Å²) in [4.78, 5) is 24.4. The number of hydrogen-bond acceptors (Lipinski definition) is 4. The molecule has 0 saturated carbocycles. The molecule has 1 rings (SSSR count). The van der Waals surface area contributed by atoms with Crippen molar-refractivity contribution in [2.45, 2.75) is 12.8 Å². The molecule has 116 valence electrons. The molecule has 1 aromatic carbocycles. The Morgan fingerprint density at radius 1 is 1.29 bits per heavy atom. The largest absolute Gasteiger partial charge is 0.469 e. The molecule has 1 aromatic rings. The van der Waals surface area contributed by atoms with Crippen molar-refractivity contribution in [1.29, 1.82) is 0 Å². The number of nitrogens with zero attached hydrogens (tertiary/aromatic N) is 1. The number of carbonyl (C=O) groups excluding carboxylic acids is 2. The average molecular weight is 300 g/mol. The molecular weight excluding hydrogens is 282 g/mol. The van der Waals surface area contributed by atoms with Gasteiger partial charge in [-0.05, 0) is 32.1 Å². The van der Waals surface area contributed by atoms with Crippen LogP contribution in [-0.4, -0.2) is 44.0 Å². The van der Waals surface area contributed by atoms with Gasteiger partial charge in [0.15, 0.2) is 11.6 Å². The number of hydrogen-bond donors (Lipinski definition) is 1. The molecule has 5 nitrogen and oxygen atoms in total. The second-order valence-electron chi connectivity index (χ2n) is 4.59. The van der Waals surface area contributed by atoms with Crippen molar-refractivity contribution >= 4 is 17.6 Å². The third-order valence-electron chi connectivity index (χ3n) is 2.77. The Bertz CT molecular complexity index is 509. The van der Waals surface area contributed by atoms with Crippen LogP contribution >= 0.6 is 0 Å². The quantitative estimate of drug-likeness (QED) is 0.780. The van der Waals surface area contributed by atoms with E-state index in [0.29, 0.717) is 13.0 Å². The zero-order valence-electron chi connectivity index (χ0n) is 12.0. The highest BCUT2D eigenvalue weighted by atomic mass is 19.2. The molecule has 0 fully saturated rings. The third-order valence-corrected chi connectivity index (χ3v) is 2.77. The number of ether oxygens (including phenoxy) is 1. The van der Waals surface area contributed by atoms with Crippen molar-refractivity contribution in [1.82, 2.24) is 4.90 Å². The predicted octanol–water partition coefficient (Wildman–Crippen LogP) is 1.79. The average Bonchev–Trinajstić information content (AvgIpc) is 2.42. The Labute approximate surface area is 121 Å². The Kier molecular flexibility index (Phi) is 6.74. The van der Waals surface area contributed by atoms with Crippen LogP contribution in [0.3, 0.4) is 0 Å². The fourth-order valence-electron chi connectivity index (χ4n) is 1.69. The summed E-state index contributed by atoms with van der Waals surface area (Å²) >= 11 is 0. The molecule has 0 radical (unpaired) electrons. The van der Waals surface area contributed by atoms with Gasteiger partial charge >= 0.3 is 5.97 Å². The van der Waals surface area contributed by atoms with E-state index in [2.05, 4.69) is 10.1 Å². The first-order valence-corrected chi connectivity index (χ1v) is 6.42. The van der Waals surface area contributed by atoms with Gasteiger partial charge in [0.25, 0.3) is 0 Å². The number of nitrogens with one attached hydrogen (secondary N) is 1. The molecule has 21 heavy (non-hydrogen) atoms. The smallest absolute Gasteiger partial charge is 0.305 e. The summed E-state index contributed by atoms with van der Waals surface area (Å²) in [5.74, 6) is -2.62. The molecule has 0 bridgehead atoms. The molecule has 0 spiro atoms. The lowest BCUT2D eigenvalue weighted by atomic mass is 10.3. The second-order valence-corrected chi connectivity index (χ2v) is 4.59. The molecule has 0 unspecified atom stereocenters. The summed E-state index contributed by atoms with van der Waals surface area (Å²) in [6, 6.07) is 3.16. The number of anilines is 1. The molecule has 0 aliphatic rings. The zero-order valence-corrected chi connectivity index (χ0v) is 12.0. The van der Waals surface area contributed by atoms with Gasteiger partial charge in [0.2, 0.25) is 5.91 Å². The molecular formula is C14H18F2N2O3. The van der Waals surface area contributed by atoms with E-state index >= 15 is 0 Å². The SMILES string of the molecule is COC(=O)CCCN(C)CC(=O)Nc1ccc(F)c(F)c1. The van der Waals surface area contributed by atoms with E-state index in [9.17, 15) is 18.4 Å². The molecule has 0 atom stereocenters. The normalized spacial score (nSPS) is 10.5. The molecule has 0 aliphatic heterocycles. The van der Waals surface area contributed by atoms with Crippen LogP contribution in [0.4, 0.5) is 14.5 Å². The Balaban J connectivity index is 2.35. The molecule has 0 heterocycles. The molecule has 7 heteroatoms. The molecule has 0 aromatic heterocycles. The first-order chi connectivity index (χ1) is 9.92. The van der Waals surface area contributed by atoms with Gasteiger partial charge in [-0.15, -0.1) is 0 Å². The molecule has 0 aliphatic carbocycles. The first kappa shape index (κ1) is 17.0. The lowest BCUT2D eigenvalue weighted by Gasteiger charge is -2.15. The number of esters is 1. The van der Waals surface area contributed by atoms with Crippen LogP contribution < -0.4 is 5.32 Å². The maximum Gasteiger partial charge on any atom is 0.305 e. The van der Waals surface area contributed by atoms with E-state index in [1.54, 1.807) is 11.9 Å². The number of methoxy groups -OCH3 is 1. The van der Waals surface area contributed by atoms with Crippen LogP contribution in [0.15, 0.2) is 18.2 Å². The van der Waals surface area contributed by atoms with Crippen molar-refractivity contribution in [3.8, 4) is 0 Å². The number of halogens is 2. The van der Waals surface area contributed by atoms with Gasteiger partial charge < -0.3 is 10.1 Å². The number of benzene rings is 1. The van der Waals surface area contributed by atoms with E-state index < -0.39 is 11.6 Å². The highest BCUT2D eigenvalue weighted by Gasteiger charge is 2.09. The fraction of sp³-hybridized carbons (Fsp3) is 0.429.